The standard InChI is InChI=1S/C25H20Cl2N2O3/c1-14-4-11-21(32-3)20(12-14)28-23-22(16-6-8-17(26)9-7-16)24(30)29(25(23)31)18-10-5-15(2)19(27)13-18/h4-13,28H,1-3H3. The van der Waals surface area contributed by atoms with E-state index in [1.807, 2.05) is 26.0 Å². The van der Waals surface area contributed by atoms with Gasteiger partial charge in [-0.1, -0.05) is 47.5 Å². The van der Waals surface area contributed by atoms with Crippen LogP contribution in [0.2, 0.25) is 10.0 Å². The molecule has 0 aliphatic carbocycles. The summed E-state index contributed by atoms with van der Waals surface area (Å²) in [5.74, 6) is -0.384. The maximum absolute atomic E-state index is 13.5. The van der Waals surface area contributed by atoms with E-state index >= 15 is 0 Å². The van der Waals surface area contributed by atoms with Crippen molar-refractivity contribution in [2.75, 3.05) is 17.3 Å². The smallest absolute Gasteiger partial charge is 0.282 e. The van der Waals surface area contributed by atoms with Gasteiger partial charge in [-0.15, -0.1) is 0 Å². The monoisotopic (exact) mass is 466 g/mol. The molecule has 0 saturated heterocycles. The molecule has 2 amide bonds. The number of carbonyl (C=O) groups is 2. The molecule has 0 radical (unpaired) electrons. The normalized spacial score (nSPS) is 13.7. The number of hydrogen-bond acceptors (Lipinski definition) is 4. The molecule has 0 aromatic heterocycles. The molecule has 0 unspecified atom stereocenters. The highest BCUT2D eigenvalue weighted by Crippen LogP contribution is 2.37. The number of hydrogen-bond donors (Lipinski definition) is 1. The minimum absolute atomic E-state index is 0.151. The molecule has 1 aliphatic heterocycles. The average Bonchev–Trinajstić information content (AvgIpc) is 3.00. The highest BCUT2D eigenvalue weighted by Gasteiger charge is 2.40. The van der Waals surface area contributed by atoms with Crippen molar-refractivity contribution < 1.29 is 14.3 Å². The van der Waals surface area contributed by atoms with Crippen LogP contribution in [0.5, 0.6) is 5.75 Å². The second-order valence-electron chi connectivity index (χ2n) is 7.46. The molecule has 0 spiro atoms. The van der Waals surface area contributed by atoms with Gasteiger partial charge < -0.3 is 10.1 Å². The predicted octanol–water partition coefficient (Wildman–Crippen LogP) is 6.02. The molecular weight excluding hydrogens is 447 g/mol. The van der Waals surface area contributed by atoms with Gasteiger partial charge in [-0.25, -0.2) is 4.90 Å². The van der Waals surface area contributed by atoms with Crippen molar-refractivity contribution >= 4 is 52.0 Å². The first-order chi connectivity index (χ1) is 15.3. The van der Waals surface area contributed by atoms with Gasteiger partial charge in [0.2, 0.25) is 0 Å². The summed E-state index contributed by atoms with van der Waals surface area (Å²) in [5.41, 5.74) is 3.77. The number of nitrogens with one attached hydrogen (secondary N) is 1. The molecule has 162 valence electrons. The number of nitrogens with zero attached hydrogens (tertiary/aromatic N) is 1. The number of methoxy groups -OCH3 is 1. The molecular formula is C25H20Cl2N2O3. The fraction of sp³-hybridized carbons (Fsp3) is 0.120. The van der Waals surface area contributed by atoms with Crippen molar-refractivity contribution in [2.24, 2.45) is 0 Å². The molecule has 5 nitrogen and oxygen atoms in total. The number of carbonyl (C=O) groups excluding carboxylic acids is 2. The lowest BCUT2D eigenvalue weighted by atomic mass is 10.0. The number of amides is 2. The molecule has 3 aromatic rings. The topological polar surface area (TPSA) is 58.6 Å². The van der Waals surface area contributed by atoms with Crippen LogP contribution in [0.4, 0.5) is 11.4 Å². The van der Waals surface area contributed by atoms with E-state index in [4.69, 9.17) is 27.9 Å². The SMILES string of the molecule is COc1ccc(C)cc1NC1=C(c2ccc(Cl)cc2)C(=O)N(c2ccc(C)c(Cl)c2)C1=O. The fourth-order valence-electron chi connectivity index (χ4n) is 3.54. The second kappa shape index (κ2) is 8.69. The Morgan fingerprint density at radius 1 is 0.875 bits per heavy atom. The largest absolute Gasteiger partial charge is 0.495 e. The fourth-order valence-corrected chi connectivity index (χ4v) is 3.84. The van der Waals surface area contributed by atoms with Crippen LogP contribution in [0.15, 0.2) is 66.4 Å². The lowest BCUT2D eigenvalue weighted by molar-refractivity contribution is -0.120. The zero-order chi connectivity index (χ0) is 23.0. The average molecular weight is 467 g/mol. The molecule has 0 fully saturated rings. The number of rotatable bonds is 5. The summed E-state index contributed by atoms with van der Waals surface area (Å²) in [7, 11) is 1.55. The van der Waals surface area contributed by atoms with Gasteiger partial charge in [-0.05, 0) is 66.9 Å². The highest BCUT2D eigenvalue weighted by molar-refractivity contribution is 6.46. The molecule has 1 aliphatic rings. The lowest BCUT2D eigenvalue weighted by Gasteiger charge is -2.17. The number of ether oxygens (including phenoxy) is 1. The summed E-state index contributed by atoms with van der Waals surface area (Å²) in [6, 6.07) is 17.4. The van der Waals surface area contributed by atoms with Crippen molar-refractivity contribution in [2.45, 2.75) is 13.8 Å². The zero-order valence-corrected chi connectivity index (χ0v) is 19.2. The van der Waals surface area contributed by atoms with E-state index < -0.39 is 11.8 Å². The summed E-state index contributed by atoms with van der Waals surface area (Å²) >= 11 is 12.3. The predicted molar refractivity (Wildman–Crippen MR) is 128 cm³/mol. The van der Waals surface area contributed by atoms with Gasteiger partial charge >= 0.3 is 0 Å². The van der Waals surface area contributed by atoms with Crippen molar-refractivity contribution in [1.82, 2.24) is 0 Å². The molecule has 3 aromatic carbocycles. The van der Waals surface area contributed by atoms with Gasteiger partial charge in [0.1, 0.15) is 11.4 Å². The molecule has 7 heteroatoms. The van der Waals surface area contributed by atoms with Crippen LogP contribution in [-0.4, -0.2) is 18.9 Å². The van der Waals surface area contributed by atoms with Crippen LogP contribution in [0, 0.1) is 13.8 Å². The van der Waals surface area contributed by atoms with Crippen molar-refractivity contribution in [3.05, 3.63) is 93.1 Å². The zero-order valence-electron chi connectivity index (χ0n) is 17.7. The first-order valence-corrected chi connectivity index (χ1v) is 10.6. The Bertz CT molecular complexity index is 1270. The third kappa shape index (κ3) is 3.97. The highest BCUT2D eigenvalue weighted by atomic mass is 35.5. The summed E-state index contributed by atoms with van der Waals surface area (Å²) in [6.07, 6.45) is 0. The Morgan fingerprint density at radius 3 is 2.25 bits per heavy atom. The van der Waals surface area contributed by atoms with E-state index in [0.29, 0.717) is 32.7 Å². The number of anilines is 2. The van der Waals surface area contributed by atoms with Gasteiger partial charge in [0.05, 0.1) is 24.1 Å². The maximum Gasteiger partial charge on any atom is 0.282 e. The Balaban J connectivity index is 1.86. The number of aryl methyl sites for hydroxylation is 2. The van der Waals surface area contributed by atoms with E-state index in [1.165, 1.54) is 0 Å². The van der Waals surface area contributed by atoms with Crippen LogP contribution in [0.3, 0.4) is 0 Å². The summed E-state index contributed by atoms with van der Waals surface area (Å²) in [6.45, 7) is 3.79. The molecule has 0 bridgehead atoms. The molecule has 1 heterocycles. The Hall–Kier alpha value is -3.28. The lowest BCUT2D eigenvalue weighted by Crippen LogP contribution is -2.32. The molecule has 0 atom stereocenters. The van der Waals surface area contributed by atoms with Crippen LogP contribution in [0.25, 0.3) is 5.57 Å². The van der Waals surface area contributed by atoms with Gasteiger partial charge in [0, 0.05) is 10.0 Å². The number of benzene rings is 3. The summed E-state index contributed by atoms with van der Waals surface area (Å²) < 4.78 is 5.44. The van der Waals surface area contributed by atoms with Crippen LogP contribution >= 0.6 is 23.2 Å². The van der Waals surface area contributed by atoms with Crippen LogP contribution in [0.1, 0.15) is 16.7 Å². The van der Waals surface area contributed by atoms with E-state index in [1.54, 1.807) is 55.6 Å². The molecule has 32 heavy (non-hydrogen) atoms. The minimum Gasteiger partial charge on any atom is -0.495 e. The minimum atomic E-state index is -0.483. The molecule has 4 rings (SSSR count). The first kappa shape index (κ1) is 21.9. The van der Waals surface area contributed by atoms with Gasteiger partial charge in [0.25, 0.3) is 11.8 Å². The van der Waals surface area contributed by atoms with E-state index in [-0.39, 0.29) is 11.3 Å². The van der Waals surface area contributed by atoms with Gasteiger partial charge in [0.15, 0.2) is 0 Å². The van der Waals surface area contributed by atoms with Crippen molar-refractivity contribution in [3.8, 4) is 5.75 Å². The van der Waals surface area contributed by atoms with Crippen molar-refractivity contribution in [3.63, 3.8) is 0 Å². The quantitative estimate of drug-likeness (QED) is 0.467. The van der Waals surface area contributed by atoms with E-state index in [0.717, 1.165) is 16.0 Å². The first-order valence-electron chi connectivity index (χ1n) is 9.87. The second-order valence-corrected chi connectivity index (χ2v) is 8.31. The maximum atomic E-state index is 13.5. The molecule has 0 saturated carbocycles. The third-order valence-electron chi connectivity index (χ3n) is 5.25. The van der Waals surface area contributed by atoms with E-state index in [9.17, 15) is 9.59 Å². The number of imide groups is 1. The van der Waals surface area contributed by atoms with Gasteiger partial charge in [-0.3, -0.25) is 9.59 Å². The Kier molecular flexibility index (Phi) is 5.96. The Labute approximate surface area is 196 Å². The summed E-state index contributed by atoms with van der Waals surface area (Å²) in [4.78, 5) is 28.2. The van der Waals surface area contributed by atoms with Crippen molar-refractivity contribution in [1.29, 1.82) is 0 Å². The summed E-state index contributed by atoms with van der Waals surface area (Å²) in [5, 5.41) is 4.15. The van der Waals surface area contributed by atoms with Crippen LogP contribution < -0.4 is 15.0 Å². The van der Waals surface area contributed by atoms with Crippen LogP contribution in [-0.2, 0) is 9.59 Å². The Morgan fingerprint density at radius 2 is 1.59 bits per heavy atom. The number of halogens is 2. The van der Waals surface area contributed by atoms with Gasteiger partial charge in [-0.2, -0.15) is 0 Å². The van der Waals surface area contributed by atoms with E-state index in [2.05, 4.69) is 5.32 Å². The third-order valence-corrected chi connectivity index (χ3v) is 5.90. The molecule has 1 N–H and O–H groups in total.